The van der Waals surface area contributed by atoms with Crippen molar-refractivity contribution in [2.75, 3.05) is 20.1 Å². The van der Waals surface area contributed by atoms with Crippen LogP contribution in [0, 0.1) is 5.92 Å². The molecule has 1 saturated carbocycles. The van der Waals surface area contributed by atoms with Crippen LogP contribution in [0.4, 0.5) is 13.2 Å². The van der Waals surface area contributed by atoms with Gasteiger partial charge < -0.3 is 5.32 Å². The highest BCUT2D eigenvalue weighted by Crippen LogP contribution is 2.32. The van der Waals surface area contributed by atoms with Crippen LogP contribution < -0.4 is 5.32 Å². The highest BCUT2D eigenvalue weighted by molar-refractivity contribution is 5.77. The van der Waals surface area contributed by atoms with E-state index in [-0.39, 0.29) is 24.6 Å². The molecule has 1 aromatic rings. The van der Waals surface area contributed by atoms with Crippen molar-refractivity contribution in [2.24, 2.45) is 5.92 Å². The molecule has 1 aliphatic rings. The fourth-order valence-electron chi connectivity index (χ4n) is 3.23. The largest absolute Gasteiger partial charge is 0.416 e. The summed E-state index contributed by atoms with van der Waals surface area (Å²) in [5.41, 5.74) is -0.452. The van der Waals surface area contributed by atoms with Gasteiger partial charge >= 0.3 is 6.18 Å². The minimum atomic E-state index is -4.37. The van der Waals surface area contributed by atoms with Crippen molar-refractivity contribution in [2.45, 2.75) is 44.8 Å². The Hall–Kier alpha value is -1.56. The summed E-state index contributed by atoms with van der Waals surface area (Å²) in [7, 11) is 1.66. The molecule has 0 bridgehead atoms. The normalized spacial score (nSPS) is 16.4. The molecule has 0 spiro atoms. The van der Waals surface area contributed by atoms with Gasteiger partial charge in [-0.05, 0) is 37.4 Å². The molecule has 3 nitrogen and oxygen atoms in total. The third kappa shape index (κ3) is 5.82. The van der Waals surface area contributed by atoms with Gasteiger partial charge in [0.15, 0.2) is 0 Å². The molecular weight excluding hydrogens is 317 g/mol. The molecule has 134 valence electrons. The number of hydrogen-bond acceptors (Lipinski definition) is 2. The summed E-state index contributed by atoms with van der Waals surface area (Å²) in [6, 6.07) is 5.50. The molecular formula is C18H25F3N2O. The van der Waals surface area contributed by atoms with Crippen LogP contribution in [0.25, 0.3) is 0 Å². The van der Waals surface area contributed by atoms with Gasteiger partial charge in [0, 0.05) is 13.1 Å². The van der Waals surface area contributed by atoms with E-state index in [4.69, 9.17) is 0 Å². The van der Waals surface area contributed by atoms with Gasteiger partial charge in [-0.25, -0.2) is 0 Å². The second-order valence-corrected chi connectivity index (χ2v) is 6.64. The molecule has 0 atom stereocenters. The molecule has 2 rings (SSSR count). The Bertz CT molecular complexity index is 539. The zero-order chi connectivity index (χ0) is 17.6. The number of amides is 1. The maximum atomic E-state index is 13.0. The summed E-state index contributed by atoms with van der Waals surface area (Å²) in [5.74, 6) is 0.409. The van der Waals surface area contributed by atoms with Crippen LogP contribution >= 0.6 is 0 Å². The summed E-state index contributed by atoms with van der Waals surface area (Å²) in [6.45, 7) is 0.858. The molecule has 0 heterocycles. The number of benzene rings is 1. The van der Waals surface area contributed by atoms with E-state index in [1.807, 2.05) is 0 Å². The first-order chi connectivity index (χ1) is 11.4. The van der Waals surface area contributed by atoms with E-state index in [1.54, 1.807) is 18.0 Å². The van der Waals surface area contributed by atoms with Gasteiger partial charge in [-0.15, -0.1) is 0 Å². The molecule has 24 heavy (non-hydrogen) atoms. The summed E-state index contributed by atoms with van der Waals surface area (Å²) in [4.78, 5) is 13.6. The van der Waals surface area contributed by atoms with Crippen molar-refractivity contribution in [3.63, 3.8) is 0 Å². The van der Waals surface area contributed by atoms with Crippen LogP contribution in [0.15, 0.2) is 24.3 Å². The standard InChI is InChI=1S/C18H25F3N2O/c1-23(12-15-9-5-6-10-16(15)18(19,20)21)13-17(24)22-11-14-7-3-2-4-8-14/h5-6,9-10,14H,2-4,7-8,11-13H2,1H3,(H,22,24). The average molecular weight is 342 g/mol. The summed E-state index contributed by atoms with van der Waals surface area (Å²) in [5, 5.41) is 2.91. The lowest BCUT2D eigenvalue weighted by molar-refractivity contribution is -0.138. The topological polar surface area (TPSA) is 32.3 Å². The zero-order valence-corrected chi connectivity index (χ0v) is 14.0. The van der Waals surface area contributed by atoms with Crippen molar-refractivity contribution in [3.05, 3.63) is 35.4 Å². The summed E-state index contributed by atoms with van der Waals surface area (Å²) < 4.78 is 39.0. The minimum Gasteiger partial charge on any atom is -0.355 e. The Labute approximate surface area is 141 Å². The number of alkyl halides is 3. The second-order valence-electron chi connectivity index (χ2n) is 6.64. The van der Waals surface area contributed by atoms with Gasteiger partial charge in [-0.3, -0.25) is 9.69 Å². The molecule has 1 N–H and O–H groups in total. The number of halogens is 3. The Morgan fingerprint density at radius 1 is 1.21 bits per heavy atom. The fourth-order valence-corrected chi connectivity index (χ4v) is 3.23. The van der Waals surface area contributed by atoms with E-state index in [0.717, 1.165) is 18.9 Å². The molecule has 1 fully saturated rings. The minimum absolute atomic E-state index is 0.0898. The molecule has 1 aromatic carbocycles. The van der Waals surface area contributed by atoms with Crippen molar-refractivity contribution < 1.29 is 18.0 Å². The third-order valence-electron chi connectivity index (χ3n) is 4.49. The first-order valence-electron chi connectivity index (χ1n) is 8.46. The first kappa shape index (κ1) is 18.8. The van der Waals surface area contributed by atoms with Crippen LogP contribution in [-0.4, -0.2) is 30.9 Å². The van der Waals surface area contributed by atoms with Crippen LogP contribution in [0.5, 0.6) is 0 Å². The molecule has 0 radical (unpaired) electrons. The van der Waals surface area contributed by atoms with Crippen LogP contribution in [-0.2, 0) is 17.5 Å². The maximum absolute atomic E-state index is 13.0. The summed E-state index contributed by atoms with van der Waals surface area (Å²) >= 11 is 0. The van der Waals surface area contributed by atoms with E-state index in [1.165, 1.54) is 31.4 Å². The number of carbonyl (C=O) groups excluding carboxylic acids is 1. The Morgan fingerprint density at radius 2 is 1.88 bits per heavy atom. The Morgan fingerprint density at radius 3 is 2.54 bits per heavy atom. The number of nitrogens with one attached hydrogen (secondary N) is 1. The second kappa shape index (κ2) is 8.51. The van der Waals surface area contributed by atoms with E-state index < -0.39 is 11.7 Å². The molecule has 1 amide bonds. The summed E-state index contributed by atoms with van der Waals surface area (Å²) in [6.07, 6.45) is 1.62. The molecule has 1 aliphatic carbocycles. The fraction of sp³-hybridized carbons (Fsp3) is 0.611. The quantitative estimate of drug-likeness (QED) is 0.852. The third-order valence-corrected chi connectivity index (χ3v) is 4.49. The average Bonchev–Trinajstić information content (AvgIpc) is 2.53. The van der Waals surface area contributed by atoms with Gasteiger partial charge in [0.2, 0.25) is 5.91 Å². The van der Waals surface area contributed by atoms with E-state index in [0.29, 0.717) is 12.5 Å². The molecule has 0 unspecified atom stereocenters. The van der Waals surface area contributed by atoms with Gasteiger partial charge in [0.05, 0.1) is 12.1 Å². The van der Waals surface area contributed by atoms with Crippen molar-refractivity contribution in [1.29, 1.82) is 0 Å². The van der Waals surface area contributed by atoms with Gasteiger partial charge in [0.25, 0.3) is 0 Å². The maximum Gasteiger partial charge on any atom is 0.416 e. The van der Waals surface area contributed by atoms with E-state index >= 15 is 0 Å². The lowest BCUT2D eigenvalue weighted by atomic mass is 9.89. The van der Waals surface area contributed by atoms with Crippen molar-refractivity contribution >= 4 is 5.91 Å². The number of rotatable bonds is 6. The molecule has 0 aliphatic heterocycles. The Balaban J connectivity index is 1.82. The van der Waals surface area contributed by atoms with Crippen molar-refractivity contribution in [3.8, 4) is 0 Å². The van der Waals surface area contributed by atoms with Gasteiger partial charge in [-0.2, -0.15) is 13.2 Å². The Kier molecular flexibility index (Phi) is 6.66. The van der Waals surface area contributed by atoms with Crippen LogP contribution in [0.1, 0.15) is 43.2 Å². The van der Waals surface area contributed by atoms with Gasteiger partial charge in [0.1, 0.15) is 0 Å². The monoisotopic (exact) mass is 342 g/mol. The number of carbonyl (C=O) groups is 1. The SMILES string of the molecule is CN(CC(=O)NCC1CCCCC1)Cc1ccccc1C(F)(F)F. The highest BCUT2D eigenvalue weighted by atomic mass is 19.4. The number of likely N-dealkylation sites (N-methyl/N-ethyl adjacent to an activating group) is 1. The van der Waals surface area contributed by atoms with E-state index in [2.05, 4.69) is 5.32 Å². The lowest BCUT2D eigenvalue weighted by Crippen LogP contribution is -2.37. The van der Waals surface area contributed by atoms with Crippen molar-refractivity contribution in [1.82, 2.24) is 10.2 Å². The smallest absolute Gasteiger partial charge is 0.355 e. The van der Waals surface area contributed by atoms with E-state index in [9.17, 15) is 18.0 Å². The van der Waals surface area contributed by atoms with Crippen LogP contribution in [0.2, 0.25) is 0 Å². The number of hydrogen-bond donors (Lipinski definition) is 1. The predicted molar refractivity (Wildman–Crippen MR) is 87.4 cm³/mol. The lowest BCUT2D eigenvalue weighted by Gasteiger charge is -2.23. The highest BCUT2D eigenvalue weighted by Gasteiger charge is 2.33. The van der Waals surface area contributed by atoms with Crippen LogP contribution in [0.3, 0.4) is 0 Å². The molecule has 0 aromatic heterocycles. The zero-order valence-electron chi connectivity index (χ0n) is 14.0. The molecule has 6 heteroatoms. The predicted octanol–water partition coefficient (Wildman–Crippen LogP) is 3.83. The first-order valence-corrected chi connectivity index (χ1v) is 8.46. The number of nitrogens with zero attached hydrogens (tertiary/aromatic N) is 1. The molecule has 0 saturated heterocycles. The van der Waals surface area contributed by atoms with Gasteiger partial charge in [-0.1, -0.05) is 37.5 Å².